The third kappa shape index (κ3) is 6.87. The normalized spacial score (nSPS) is 27.1. The van der Waals surface area contributed by atoms with Crippen LogP contribution in [0.25, 0.3) is 0 Å². The molecule has 1 aliphatic carbocycles. The topological polar surface area (TPSA) is 64.6 Å². The number of carbonyl (C=O) groups excluding carboxylic acids is 1. The summed E-state index contributed by atoms with van der Waals surface area (Å²) in [6.07, 6.45) is 19.0. The van der Waals surface area contributed by atoms with Crippen LogP contribution in [0.1, 0.15) is 89.9 Å². The van der Waals surface area contributed by atoms with E-state index in [1.807, 2.05) is 6.20 Å². The lowest BCUT2D eigenvalue weighted by Gasteiger charge is -2.43. The largest absolute Gasteiger partial charge is 0.356 e. The minimum Gasteiger partial charge on any atom is -0.356 e. The number of carbonyl (C=O) groups is 1. The number of aromatic nitrogens is 2. The van der Waals surface area contributed by atoms with Crippen LogP contribution in [0, 0.1) is 5.92 Å². The fourth-order valence-electron chi connectivity index (χ4n) is 6.80. The zero-order chi connectivity index (χ0) is 23.9. The van der Waals surface area contributed by atoms with E-state index in [9.17, 15) is 4.79 Å². The number of hydrogen-bond donors (Lipinski definition) is 1. The van der Waals surface area contributed by atoms with E-state index in [1.165, 1.54) is 64.2 Å². The second-order valence-electron chi connectivity index (χ2n) is 11.4. The van der Waals surface area contributed by atoms with Crippen molar-refractivity contribution >= 4 is 17.7 Å². The summed E-state index contributed by atoms with van der Waals surface area (Å²) in [7, 11) is 0. The first-order valence-electron chi connectivity index (χ1n) is 14.6. The van der Waals surface area contributed by atoms with E-state index in [2.05, 4.69) is 31.1 Å². The van der Waals surface area contributed by atoms with Crippen molar-refractivity contribution < 1.29 is 4.79 Å². The molecule has 1 aromatic rings. The van der Waals surface area contributed by atoms with Crippen molar-refractivity contribution in [1.82, 2.24) is 19.8 Å². The second-order valence-corrected chi connectivity index (χ2v) is 11.4. The molecular weight excluding hydrogens is 436 g/mol. The third-order valence-corrected chi connectivity index (χ3v) is 8.86. The minimum atomic E-state index is 0.372. The van der Waals surface area contributed by atoms with Crippen LogP contribution in [-0.2, 0) is 4.79 Å². The second kappa shape index (κ2) is 12.4. The van der Waals surface area contributed by atoms with Gasteiger partial charge in [0.05, 0.1) is 0 Å². The SMILES string of the molecule is O=C(CCC1CCCC1)N1CCCC(N2CCCC(Nc3nccc(N4CCCCCC4)n3)C2)C1. The van der Waals surface area contributed by atoms with Gasteiger partial charge in [0.15, 0.2) is 0 Å². The molecule has 3 aliphatic heterocycles. The summed E-state index contributed by atoms with van der Waals surface area (Å²) >= 11 is 0. The van der Waals surface area contributed by atoms with Crippen LogP contribution in [0.3, 0.4) is 0 Å². The summed E-state index contributed by atoms with van der Waals surface area (Å²) < 4.78 is 0. The van der Waals surface area contributed by atoms with Gasteiger partial charge in [0.25, 0.3) is 0 Å². The van der Waals surface area contributed by atoms with Crippen molar-refractivity contribution in [2.75, 3.05) is 49.5 Å². The molecule has 7 heteroatoms. The average Bonchev–Trinajstić information content (AvgIpc) is 3.28. The van der Waals surface area contributed by atoms with Gasteiger partial charge in [-0.05, 0) is 63.5 Å². The Bertz CT molecular complexity index is 804. The molecule has 4 fully saturated rings. The number of nitrogens with one attached hydrogen (secondary N) is 1. The fourth-order valence-corrected chi connectivity index (χ4v) is 6.80. The van der Waals surface area contributed by atoms with Gasteiger partial charge in [-0.25, -0.2) is 4.98 Å². The molecule has 0 aromatic carbocycles. The summed E-state index contributed by atoms with van der Waals surface area (Å²) in [4.78, 5) is 29.6. The zero-order valence-corrected chi connectivity index (χ0v) is 21.7. The van der Waals surface area contributed by atoms with E-state index in [-0.39, 0.29) is 0 Å². The molecule has 7 nitrogen and oxygen atoms in total. The highest BCUT2D eigenvalue weighted by Crippen LogP contribution is 2.29. The van der Waals surface area contributed by atoms with Crippen LogP contribution in [0.5, 0.6) is 0 Å². The lowest BCUT2D eigenvalue weighted by molar-refractivity contribution is -0.133. The van der Waals surface area contributed by atoms with Crippen molar-refractivity contribution in [3.05, 3.63) is 12.3 Å². The van der Waals surface area contributed by atoms with Gasteiger partial charge in [0.2, 0.25) is 11.9 Å². The summed E-state index contributed by atoms with van der Waals surface area (Å²) in [6.45, 7) is 6.23. The van der Waals surface area contributed by atoms with Gasteiger partial charge in [-0.3, -0.25) is 9.69 Å². The Hall–Kier alpha value is -1.89. The monoisotopic (exact) mass is 482 g/mol. The van der Waals surface area contributed by atoms with Gasteiger partial charge < -0.3 is 15.1 Å². The first kappa shape index (κ1) is 24.8. The molecule has 0 bridgehead atoms. The number of likely N-dealkylation sites (tertiary alicyclic amines) is 2. The molecule has 194 valence electrons. The predicted octanol–water partition coefficient (Wildman–Crippen LogP) is 4.69. The minimum absolute atomic E-state index is 0.372. The highest BCUT2D eigenvalue weighted by atomic mass is 16.2. The Balaban J connectivity index is 1.12. The highest BCUT2D eigenvalue weighted by Gasteiger charge is 2.31. The van der Waals surface area contributed by atoms with Crippen LogP contribution >= 0.6 is 0 Å². The first-order valence-corrected chi connectivity index (χ1v) is 14.6. The average molecular weight is 483 g/mol. The highest BCUT2D eigenvalue weighted by molar-refractivity contribution is 5.76. The van der Waals surface area contributed by atoms with E-state index in [4.69, 9.17) is 4.98 Å². The lowest BCUT2D eigenvalue weighted by atomic mass is 9.97. The Morgan fingerprint density at radius 2 is 1.69 bits per heavy atom. The van der Waals surface area contributed by atoms with Gasteiger partial charge in [-0.2, -0.15) is 4.98 Å². The molecule has 1 saturated carbocycles. The molecule has 35 heavy (non-hydrogen) atoms. The third-order valence-electron chi connectivity index (χ3n) is 8.86. The molecule has 1 amide bonds. The zero-order valence-electron chi connectivity index (χ0n) is 21.7. The number of anilines is 2. The summed E-state index contributed by atoms with van der Waals surface area (Å²) in [6, 6.07) is 2.93. The quantitative estimate of drug-likeness (QED) is 0.608. The van der Waals surface area contributed by atoms with Crippen LogP contribution in [0.4, 0.5) is 11.8 Å². The van der Waals surface area contributed by atoms with Gasteiger partial charge in [-0.15, -0.1) is 0 Å². The number of piperidine rings is 2. The van der Waals surface area contributed by atoms with E-state index < -0.39 is 0 Å². The Morgan fingerprint density at radius 3 is 2.51 bits per heavy atom. The number of hydrogen-bond acceptors (Lipinski definition) is 6. The number of nitrogens with zero attached hydrogens (tertiary/aromatic N) is 5. The van der Waals surface area contributed by atoms with Crippen molar-refractivity contribution in [3.8, 4) is 0 Å². The molecule has 2 atom stereocenters. The van der Waals surface area contributed by atoms with E-state index in [1.54, 1.807) is 0 Å². The lowest BCUT2D eigenvalue weighted by Crippen LogP contribution is -2.54. The first-order chi connectivity index (χ1) is 17.2. The fraction of sp³-hybridized carbons (Fsp3) is 0.821. The smallest absolute Gasteiger partial charge is 0.224 e. The van der Waals surface area contributed by atoms with Gasteiger partial charge in [-0.1, -0.05) is 38.5 Å². The Labute approximate surface area is 212 Å². The van der Waals surface area contributed by atoms with Crippen LogP contribution in [0.15, 0.2) is 12.3 Å². The van der Waals surface area contributed by atoms with Crippen molar-refractivity contribution in [2.45, 2.75) is 102 Å². The van der Waals surface area contributed by atoms with Gasteiger partial charge >= 0.3 is 0 Å². The van der Waals surface area contributed by atoms with Crippen LogP contribution in [0.2, 0.25) is 0 Å². The maximum atomic E-state index is 12.9. The molecule has 1 aromatic heterocycles. The maximum Gasteiger partial charge on any atom is 0.224 e. The van der Waals surface area contributed by atoms with Crippen molar-refractivity contribution in [2.24, 2.45) is 5.92 Å². The summed E-state index contributed by atoms with van der Waals surface area (Å²) in [5.74, 6) is 3.03. The molecule has 4 heterocycles. The maximum absolute atomic E-state index is 12.9. The van der Waals surface area contributed by atoms with Gasteiger partial charge in [0, 0.05) is 57.4 Å². The molecule has 5 rings (SSSR count). The molecule has 1 N–H and O–H groups in total. The molecule has 0 radical (unpaired) electrons. The standard InChI is InChI=1S/C28H46N6O/c35-27(14-13-23-9-3-4-10-23)34-20-8-12-25(22-34)33-19-7-11-24(21-33)30-28-29-16-15-26(31-28)32-17-5-1-2-6-18-32/h15-16,23-25H,1-14,17-22H2,(H,29,30,31). The Morgan fingerprint density at radius 1 is 0.886 bits per heavy atom. The van der Waals surface area contributed by atoms with Crippen molar-refractivity contribution in [1.29, 1.82) is 0 Å². The number of rotatable bonds is 7. The van der Waals surface area contributed by atoms with Gasteiger partial charge in [0.1, 0.15) is 5.82 Å². The van der Waals surface area contributed by atoms with E-state index in [0.717, 1.165) is 82.6 Å². The summed E-state index contributed by atoms with van der Waals surface area (Å²) in [5, 5.41) is 3.66. The molecule has 0 spiro atoms. The molecular formula is C28H46N6O. The Kier molecular flexibility index (Phi) is 8.77. The van der Waals surface area contributed by atoms with E-state index >= 15 is 0 Å². The molecule has 4 aliphatic rings. The van der Waals surface area contributed by atoms with Crippen molar-refractivity contribution in [3.63, 3.8) is 0 Å². The summed E-state index contributed by atoms with van der Waals surface area (Å²) in [5.41, 5.74) is 0. The van der Waals surface area contributed by atoms with E-state index in [0.29, 0.717) is 18.0 Å². The predicted molar refractivity (Wildman–Crippen MR) is 142 cm³/mol. The van der Waals surface area contributed by atoms with Crippen LogP contribution < -0.4 is 10.2 Å². The number of amides is 1. The molecule has 3 saturated heterocycles. The molecule has 2 unspecified atom stereocenters. The van der Waals surface area contributed by atoms with Crippen LogP contribution in [-0.4, -0.2) is 77.0 Å².